The lowest BCUT2D eigenvalue weighted by Crippen LogP contribution is -2.54. The highest BCUT2D eigenvalue weighted by atomic mass is 16.5. The van der Waals surface area contributed by atoms with E-state index in [0.29, 0.717) is 24.2 Å². The third-order valence-corrected chi connectivity index (χ3v) is 7.89. The summed E-state index contributed by atoms with van der Waals surface area (Å²) in [6.07, 6.45) is 6.90. The molecule has 1 aromatic carbocycles. The summed E-state index contributed by atoms with van der Waals surface area (Å²) in [4.78, 5) is 12.3. The highest BCUT2D eigenvalue weighted by Crippen LogP contribution is 2.63. The van der Waals surface area contributed by atoms with Crippen molar-refractivity contribution in [3.8, 4) is 0 Å². The molecular formula is C24H32O2. The molecule has 3 aliphatic carbocycles. The van der Waals surface area contributed by atoms with Gasteiger partial charge in [0.05, 0.1) is 12.7 Å². The fourth-order valence-corrected chi connectivity index (χ4v) is 6.33. The Labute approximate surface area is 158 Å². The molecule has 0 saturated heterocycles. The maximum atomic E-state index is 12.3. The standard InChI is InChI=1S/C24H32O2/c1-16-18-10-11-21-23(2,3)22(26-15-17-8-6-5-7-9-17)12-13-24(21,4)19(18)14-20(16)25/h5-9,14,16,18,21-22H,10-13,15H2,1-4H3/t16?,18-,21-,22-,24+/m0/s1. The second-order valence-electron chi connectivity index (χ2n) is 9.59. The van der Waals surface area contributed by atoms with Crippen LogP contribution in [0.4, 0.5) is 0 Å². The Kier molecular flexibility index (Phi) is 4.38. The van der Waals surface area contributed by atoms with E-state index in [1.807, 2.05) is 6.08 Å². The van der Waals surface area contributed by atoms with Gasteiger partial charge in [0, 0.05) is 5.92 Å². The second kappa shape index (κ2) is 6.34. The van der Waals surface area contributed by atoms with Gasteiger partial charge in [-0.1, -0.05) is 63.6 Å². The molecule has 0 spiro atoms. The van der Waals surface area contributed by atoms with Crippen LogP contribution >= 0.6 is 0 Å². The van der Waals surface area contributed by atoms with Crippen LogP contribution in [0.3, 0.4) is 0 Å². The molecule has 0 aromatic heterocycles. The summed E-state index contributed by atoms with van der Waals surface area (Å²) in [7, 11) is 0. The number of hydrogen-bond acceptors (Lipinski definition) is 2. The molecule has 2 heteroatoms. The van der Waals surface area contributed by atoms with Gasteiger partial charge < -0.3 is 4.74 Å². The summed E-state index contributed by atoms with van der Waals surface area (Å²) in [6, 6.07) is 10.5. The predicted molar refractivity (Wildman–Crippen MR) is 105 cm³/mol. The van der Waals surface area contributed by atoms with Gasteiger partial charge in [-0.2, -0.15) is 0 Å². The van der Waals surface area contributed by atoms with Gasteiger partial charge in [0.25, 0.3) is 0 Å². The van der Waals surface area contributed by atoms with E-state index in [9.17, 15) is 4.79 Å². The Morgan fingerprint density at radius 1 is 1.08 bits per heavy atom. The Morgan fingerprint density at radius 2 is 1.81 bits per heavy atom. The molecule has 1 unspecified atom stereocenters. The van der Waals surface area contributed by atoms with E-state index in [4.69, 9.17) is 4.74 Å². The zero-order valence-electron chi connectivity index (χ0n) is 16.6. The summed E-state index contributed by atoms with van der Waals surface area (Å²) < 4.78 is 6.45. The summed E-state index contributed by atoms with van der Waals surface area (Å²) in [5, 5.41) is 0. The summed E-state index contributed by atoms with van der Waals surface area (Å²) in [5.74, 6) is 1.62. The molecule has 0 heterocycles. The van der Waals surface area contributed by atoms with Gasteiger partial charge in [0.15, 0.2) is 5.78 Å². The van der Waals surface area contributed by atoms with Gasteiger partial charge in [-0.25, -0.2) is 0 Å². The Morgan fingerprint density at radius 3 is 2.54 bits per heavy atom. The largest absolute Gasteiger partial charge is 0.373 e. The first-order valence-electron chi connectivity index (χ1n) is 10.3. The van der Waals surface area contributed by atoms with Crippen LogP contribution in [0.5, 0.6) is 0 Å². The molecule has 2 nitrogen and oxygen atoms in total. The minimum atomic E-state index is 0.127. The van der Waals surface area contributed by atoms with E-state index in [1.54, 1.807) is 0 Å². The van der Waals surface area contributed by atoms with Gasteiger partial charge in [-0.15, -0.1) is 0 Å². The number of rotatable bonds is 3. The molecular weight excluding hydrogens is 320 g/mol. The minimum Gasteiger partial charge on any atom is -0.373 e. The molecule has 0 radical (unpaired) electrons. The first-order chi connectivity index (χ1) is 12.3. The maximum absolute atomic E-state index is 12.3. The van der Waals surface area contributed by atoms with Crippen molar-refractivity contribution in [2.24, 2.45) is 28.6 Å². The molecule has 0 amide bonds. The van der Waals surface area contributed by atoms with Gasteiger partial charge in [0.1, 0.15) is 0 Å². The summed E-state index contributed by atoms with van der Waals surface area (Å²) in [6.45, 7) is 10.0. The molecule has 5 atom stereocenters. The molecule has 26 heavy (non-hydrogen) atoms. The van der Waals surface area contributed by atoms with Gasteiger partial charge >= 0.3 is 0 Å². The van der Waals surface area contributed by atoms with Crippen LogP contribution in [-0.4, -0.2) is 11.9 Å². The van der Waals surface area contributed by atoms with Crippen LogP contribution in [0.1, 0.15) is 58.9 Å². The topological polar surface area (TPSA) is 26.3 Å². The maximum Gasteiger partial charge on any atom is 0.159 e. The lowest BCUT2D eigenvalue weighted by molar-refractivity contribution is -0.134. The van der Waals surface area contributed by atoms with Crippen molar-refractivity contribution in [2.45, 2.75) is 66.1 Å². The van der Waals surface area contributed by atoms with Crippen LogP contribution < -0.4 is 0 Å². The number of fused-ring (bicyclic) bond motifs is 3. The zero-order valence-corrected chi connectivity index (χ0v) is 16.6. The van der Waals surface area contributed by atoms with Crippen LogP contribution in [0, 0.1) is 28.6 Å². The molecule has 140 valence electrons. The van der Waals surface area contributed by atoms with Gasteiger partial charge in [0.2, 0.25) is 0 Å². The highest BCUT2D eigenvalue weighted by Gasteiger charge is 2.58. The number of carbonyl (C=O) groups excluding carboxylic acids is 1. The van der Waals surface area contributed by atoms with Crippen LogP contribution in [0.15, 0.2) is 42.0 Å². The Hall–Kier alpha value is -1.41. The molecule has 3 aliphatic rings. The number of ether oxygens (including phenoxy) is 1. The number of benzene rings is 1. The molecule has 0 N–H and O–H groups in total. The fraction of sp³-hybridized carbons (Fsp3) is 0.625. The molecule has 0 bridgehead atoms. The average molecular weight is 353 g/mol. The van der Waals surface area contributed by atoms with Crippen LogP contribution in [0.2, 0.25) is 0 Å². The zero-order chi connectivity index (χ0) is 18.5. The fourth-order valence-electron chi connectivity index (χ4n) is 6.33. The second-order valence-corrected chi connectivity index (χ2v) is 9.59. The number of ketones is 1. The predicted octanol–water partition coefficient (Wildman–Crippen LogP) is 5.57. The first kappa shape index (κ1) is 18.0. The van der Waals surface area contributed by atoms with E-state index < -0.39 is 0 Å². The lowest BCUT2D eigenvalue weighted by Gasteiger charge is -2.58. The normalized spacial score (nSPS) is 38.5. The van der Waals surface area contributed by atoms with Crippen molar-refractivity contribution in [2.75, 3.05) is 0 Å². The van der Waals surface area contributed by atoms with E-state index >= 15 is 0 Å². The smallest absolute Gasteiger partial charge is 0.159 e. The number of allylic oxidation sites excluding steroid dienone is 2. The third kappa shape index (κ3) is 2.69. The van der Waals surface area contributed by atoms with Crippen molar-refractivity contribution >= 4 is 5.78 Å². The van der Waals surface area contributed by atoms with E-state index in [0.717, 1.165) is 19.3 Å². The number of carbonyl (C=O) groups is 1. The van der Waals surface area contributed by atoms with Crippen LogP contribution in [0.25, 0.3) is 0 Å². The van der Waals surface area contributed by atoms with Gasteiger partial charge in [-0.05, 0) is 60.0 Å². The average Bonchev–Trinajstić information content (AvgIpc) is 2.91. The Balaban J connectivity index is 1.55. The van der Waals surface area contributed by atoms with Crippen LogP contribution in [-0.2, 0) is 16.1 Å². The van der Waals surface area contributed by atoms with Crippen molar-refractivity contribution in [1.82, 2.24) is 0 Å². The summed E-state index contributed by atoms with van der Waals surface area (Å²) in [5.41, 5.74) is 3.00. The monoisotopic (exact) mass is 352 g/mol. The summed E-state index contributed by atoms with van der Waals surface area (Å²) >= 11 is 0. The van der Waals surface area contributed by atoms with Crippen molar-refractivity contribution in [3.05, 3.63) is 47.5 Å². The quantitative estimate of drug-likeness (QED) is 0.711. The highest BCUT2D eigenvalue weighted by molar-refractivity contribution is 5.95. The lowest BCUT2D eigenvalue weighted by atomic mass is 9.47. The molecule has 4 rings (SSSR count). The Bertz CT molecular complexity index is 717. The molecule has 0 aliphatic heterocycles. The van der Waals surface area contributed by atoms with E-state index in [2.05, 4.69) is 58.0 Å². The first-order valence-corrected chi connectivity index (χ1v) is 10.3. The van der Waals surface area contributed by atoms with Gasteiger partial charge in [-0.3, -0.25) is 4.79 Å². The van der Waals surface area contributed by atoms with E-state index in [1.165, 1.54) is 17.6 Å². The third-order valence-electron chi connectivity index (χ3n) is 7.89. The molecule has 2 saturated carbocycles. The van der Waals surface area contributed by atoms with Crippen molar-refractivity contribution in [1.29, 1.82) is 0 Å². The SMILES string of the molecule is CC1C(=O)C=C2[C@H]1CC[C@H]1C(C)(C)[C@@H](OCc3ccccc3)CC[C@]21C. The van der Waals surface area contributed by atoms with Crippen molar-refractivity contribution < 1.29 is 9.53 Å². The van der Waals surface area contributed by atoms with E-state index in [-0.39, 0.29) is 22.9 Å². The van der Waals surface area contributed by atoms with Crippen molar-refractivity contribution in [3.63, 3.8) is 0 Å². The minimum absolute atomic E-state index is 0.127. The number of hydrogen-bond donors (Lipinski definition) is 0. The molecule has 1 aromatic rings. The molecule has 2 fully saturated rings.